The van der Waals surface area contributed by atoms with Gasteiger partial charge in [0.05, 0.1) is 6.04 Å². The van der Waals surface area contributed by atoms with Crippen LogP contribution in [0.4, 0.5) is 0 Å². The number of nitrogens with one attached hydrogen (secondary N) is 1. The minimum absolute atomic E-state index is 0.00935. The zero-order chi connectivity index (χ0) is 14.8. The summed E-state index contributed by atoms with van der Waals surface area (Å²) >= 11 is 0. The van der Waals surface area contributed by atoms with Crippen LogP contribution in [0.3, 0.4) is 0 Å². The molecule has 3 atom stereocenters. The van der Waals surface area contributed by atoms with Gasteiger partial charge in [0.15, 0.2) is 0 Å². The molecule has 2 fully saturated rings. The first kappa shape index (κ1) is 15.3. The van der Waals surface area contributed by atoms with Crippen molar-refractivity contribution in [3.63, 3.8) is 0 Å². The molecule has 2 aliphatic rings. The Labute approximate surface area is 120 Å². The number of carboxylic acids is 1. The smallest absolute Gasteiger partial charge is 0.329 e. The van der Waals surface area contributed by atoms with E-state index >= 15 is 0 Å². The summed E-state index contributed by atoms with van der Waals surface area (Å²) in [6, 6.07) is -0.197. The van der Waals surface area contributed by atoms with Crippen LogP contribution in [0, 0.1) is 5.92 Å². The van der Waals surface area contributed by atoms with Crippen molar-refractivity contribution in [2.45, 2.75) is 64.0 Å². The lowest BCUT2D eigenvalue weighted by molar-refractivity contribution is -0.158. The van der Waals surface area contributed by atoms with Crippen LogP contribution in [0.15, 0.2) is 0 Å². The highest BCUT2D eigenvalue weighted by molar-refractivity contribution is 5.90. The number of carbonyl (C=O) groups excluding carboxylic acids is 1. The fraction of sp³-hybridized carbons (Fsp3) is 0.867. The molecule has 0 aliphatic carbocycles. The summed E-state index contributed by atoms with van der Waals surface area (Å²) in [5.74, 6) is -0.285. The fourth-order valence-electron chi connectivity index (χ4n) is 3.68. The molecule has 0 spiro atoms. The summed E-state index contributed by atoms with van der Waals surface area (Å²) in [7, 11) is 0. The molecule has 2 N–H and O–H groups in total. The predicted octanol–water partition coefficient (Wildman–Crippen LogP) is 1.62. The van der Waals surface area contributed by atoms with E-state index in [-0.39, 0.29) is 11.9 Å². The fourth-order valence-corrected chi connectivity index (χ4v) is 3.68. The second kappa shape index (κ2) is 6.12. The van der Waals surface area contributed by atoms with Gasteiger partial charge in [-0.15, -0.1) is 0 Å². The molecule has 0 saturated carbocycles. The van der Waals surface area contributed by atoms with Crippen LogP contribution in [0.25, 0.3) is 0 Å². The van der Waals surface area contributed by atoms with E-state index in [1.165, 1.54) is 0 Å². The maximum Gasteiger partial charge on any atom is 0.329 e. The van der Waals surface area contributed by atoms with E-state index in [9.17, 15) is 14.7 Å². The van der Waals surface area contributed by atoms with Gasteiger partial charge in [-0.25, -0.2) is 4.79 Å². The summed E-state index contributed by atoms with van der Waals surface area (Å²) in [6.45, 7) is 5.45. The average Bonchev–Trinajstić information content (AvgIpc) is 2.91. The van der Waals surface area contributed by atoms with Gasteiger partial charge >= 0.3 is 5.97 Å². The number of likely N-dealkylation sites (tertiary alicyclic amines) is 1. The van der Waals surface area contributed by atoms with Crippen LogP contribution < -0.4 is 5.32 Å². The van der Waals surface area contributed by atoms with Crippen LogP contribution >= 0.6 is 0 Å². The first-order valence-electron chi connectivity index (χ1n) is 7.83. The lowest BCUT2D eigenvalue weighted by atomic mass is 9.88. The van der Waals surface area contributed by atoms with Gasteiger partial charge in [0.25, 0.3) is 0 Å². The molecule has 0 aromatic heterocycles. The number of aliphatic carboxylic acids is 1. The predicted molar refractivity (Wildman–Crippen MR) is 76.4 cm³/mol. The number of hydrogen-bond donors (Lipinski definition) is 2. The number of carbonyl (C=O) groups is 2. The van der Waals surface area contributed by atoms with Crippen LogP contribution in [-0.4, -0.2) is 46.6 Å². The Balaban J connectivity index is 2.13. The number of carboxylic acid groups (broad SMARTS) is 1. The van der Waals surface area contributed by atoms with Gasteiger partial charge < -0.3 is 15.3 Å². The van der Waals surface area contributed by atoms with Gasteiger partial charge in [0.1, 0.15) is 5.54 Å². The molecular weight excluding hydrogens is 256 g/mol. The highest BCUT2D eigenvalue weighted by Crippen LogP contribution is 2.34. The SMILES string of the molecule is CCC1CCNC(C(=O)N2CCCC2(CC)C(=O)O)C1. The van der Waals surface area contributed by atoms with Crippen LogP contribution in [-0.2, 0) is 9.59 Å². The number of rotatable bonds is 4. The zero-order valence-electron chi connectivity index (χ0n) is 12.5. The highest BCUT2D eigenvalue weighted by atomic mass is 16.4. The van der Waals surface area contributed by atoms with Crippen LogP contribution in [0.1, 0.15) is 52.4 Å². The van der Waals surface area contributed by atoms with Crippen LogP contribution in [0.5, 0.6) is 0 Å². The molecule has 5 heteroatoms. The summed E-state index contributed by atoms with van der Waals surface area (Å²) < 4.78 is 0. The molecule has 0 radical (unpaired) electrons. The quantitative estimate of drug-likeness (QED) is 0.822. The van der Waals surface area contributed by atoms with Gasteiger partial charge in [-0.05, 0) is 44.6 Å². The Bertz CT molecular complexity index is 385. The van der Waals surface area contributed by atoms with E-state index in [1.54, 1.807) is 4.90 Å². The van der Waals surface area contributed by atoms with Crippen molar-refractivity contribution < 1.29 is 14.7 Å². The largest absolute Gasteiger partial charge is 0.479 e. The van der Waals surface area contributed by atoms with Crippen molar-refractivity contribution in [1.29, 1.82) is 0 Å². The average molecular weight is 282 g/mol. The van der Waals surface area contributed by atoms with Gasteiger partial charge in [-0.3, -0.25) is 4.79 Å². The molecule has 3 unspecified atom stereocenters. The van der Waals surface area contributed by atoms with E-state index in [4.69, 9.17) is 0 Å². The second-order valence-electron chi connectivity index (χ2n) is 6.09. The lowest BCUT2D eigenvalue weighted by Crippen LogP contribution is -2.58. The molecule has 20 heavy (non-hydrogen) atoms. The zero-order valence-corrected chi connectivity index (χ0v) is 12.5. The molecule has 0 bridgehead atoms. The van der Waals surface area contributed by atoms with Crippen molar-refractivity contribution >= 4 is 11.9 Å². The summed E-state index contributed by atoms with van der Waals surface area (Å²) in [5, 5.41) is 12.8. The Hall–Kier alpha value is -1.10. The summed E-state index contributed by atoms with van der Waals surface area (Å²) in [4.78, 5) is 26.0. The number of amides is 1. The van der Waals surface area contributed by atoms with E-state index < -0.39 is 11.5 Å². The molecule has 2 heterocycles. The minimum Gasteiger partial charge on any atom is -0.479 e. The highest BCUT2D eigenvalue weighted by Gasteiger charge is 2.49. The lowest BCUT2D eigenvalue weighted by Gasteiger charge is -2.38. The molecule has 2 aliphatic heterocycles. The van der Waals surface area contributed by atoms with Gasteiger partial charge in [0.2, 0.25) is 5.91 Å². The maximum absolute atomic E-state index is 12.7. The van der Waals surface area contributed by atoms with Crippen LogP contribution in [0.2, 0.25) is 0 Å². The summed E-state index contributed by atoms with van der Waals surface area (Å²) in [6.07, 6.45) is 4.88. The van der Waals surface area contributed by atoms with E-state index in [0.717, 1.165) is 32.2 Å². The van der Waals surface area contributed by atoms with Crippen molar-refractivity contribution in [2.24, 2.45) is 5.92 Å². The third-order valence-corrected chi connectivity index (χ3v) is 5.13. The van der Waals surface area contributed by atoms with Gasteiger partial charge in [-0.2, -0.15) is 0 Å². The minimum atomic E-state index is -0.974. The molecule has 0 aromatic carbocycles. The maximum atomic E-state index is 12.7. The number of piperidine rings is 1. The molecule has 2 saturated heterocycles. The topological polar surface area (TPSA) is 69.6 Å². The molecule has 1 amide bonds. The molecular formula is C15H26N2O3. The Morgan fingerprint density at radius 2 is 2.15 bits per heavy atom. The standard InChI is InChI=1S/C15H26N2O3/c1-3-11-6-8-16-12(10-11)13(18)17-9-5-7-15(17,4-2)14(19)20/h11-12,16H,3-10H2,1-2H3,(H,19,20). The van der Waals surface area contributed by atoms with Crippen molar-refractivity contribution in [3.8, 4) is 0 Å². The van der Waals surface area contributed by atoms with E-state index in [0.29, 0.717) is 25.3 Å². The summed E-state index contributed by atoms with van der Waals surface area (Å²) in [5.41, 5.74) is -0.974. The third-order valence-electron chi connectivity index (χ3n) is 5.13. The second-order valence-corrected chi connectivity index (χ2v) is 6.09. The Morgan fingerprint density at radius 3 is 2.75 bits per heavy atom. The first-order valence-corrected chi connectivity index (χ1v) is 7.83. The molecule has 2 rings (SSSR count). The number of hydrogen-bond acceptors (Lipinski definition) is 3. The van der Waals surface area contributed by atoms with Gasteiger partial charge in [-0.1, -0.05) is 20.3 Å². The van der Waals surface area contributed by atoms with Crippen molar-refractivity contribution in [1.82, 2.24) is 10.2 Å². The first-order chi connectivity index (χ1) is 9.55. The Morgan fingerprint density at radius 1 is 1.40 bits per heavy atom. The van der Waals surface area contributed by atoms with Crippen molar-refractivity contribution in [3.05, 3.63) is 0 Å². The Kier molecular flexibility index (Phi) is 4.68. The molecule has 5 nitrogen and oxygen atoms in total. The van der Waals surface area contributed by atoms with Crippen molar-refractivity contribution in [2.75, 3.05) is 13.1 Å². The van der Waals surface area contributed by atoms with E-state index in [2.05, 4.69) is 12.2 Å². The normalized spacial score (nSPS) is 34.2. The monoisotopic (exact) mass is 282 g/mol. The number of nitrogens with zero attached hydrogens (tertiary/aromatic N) is 1. The molecule has 114 valence electrons. The third kappa shape index (κ3) is 2.55. The van der Waals surface area contributed by atoms with E-state index in [1.807, 2.05) is 6.92 Å². The van der Waals surface area contributed by atoms with Gasteiger partial charge in [0, 0.05) is 6.54 Å². The molecule has 0 aromatic rings.